The quantitative estimate of drug-likeness (QED) is 0.672. The fraction of sp³-hybridized carbons (Fsp3) is 0.478. The minimum absolute atomic E-state index is 0.189. The number of nitriles is 1. The molecule has 0 atom stereocenters. The Labute approximate surface area is 183 Å². The van der Waals surface area contributed by atoms with Crippen LogP contribution in [0.4, 0.5) is 5.69 Å². The lowest BCUT2D eigenvalue weighted by Crippen LogP contribution is -2.46. The van der Waals surface area contributed by atoms with Gasteiger partial charge in [-0.3, -0.25) is 9.69 Å². The Kier molecular flexibility index (Phi) is 7.41. The van der Waals surface area contributed by atoms with Crippen LogP contribution in [0.3, 0.4) is 0 Å². The van der Waals surface area contributed by atoms with Crippen molar-refractivity contribution in [3.63, 3.8) is 0 Å². The molecule has 0 unspecified atom stereocenters. The molecule has 0 radical (unpaired) electrons. The number of halogens is 1. The van der Waals surface area contributed by atoms with E-state index in [1.807, 2.05) is 30.5 Å². The maximum Gasteiger partial charge on any atom is 0.270 e. The zero-order valence-corrected chi connectivity index (χ0v) is 18.7. The predicted molar refractivity (Wildman–Crippen MR) is 120 cm³/mol. The third-order valence-corrected chi connectivity index (χ3v) is 5.83. The van der Waals surface area contributed by atoms with E-state index in [-0.39, 0.29) is 11.1 Å². The summed E-state index contributed by atoms with van der Waals surface area (Å²) in [5.41, 5.74) is 1.94. The fourth-order valence-electron chi connectivity index (χ4n) is 3.72. The lowest BCUT2D eigenvalue weighted by atomic mass is 10.1. The molecule has 0 saturated carbocycles. The van der Waals surface area contributed by atoms with E-state index < -0.39 is 0 Å². The van der Waals surface area contributed by atoms with Gasteiger partial charge in [-0.05, 0) is 36.1 Å². The number of methoxy groups -OCH3 is 1. The molecule has 6 nitrogen and oxygen atoms in total. The standard InChI is InChI=1S/C23H29ClN4O2/c1-17(2)6-8-28-9-7-21(19(15-25)23(28)29)27-12-10-26(11-13-27)16-18-4-5-22(30-3)20(24)14-18/h4-5,7,9,14,17H,6,8,10-13,16H2,1-3H3. The number of ether oxygens (including phenoxy) is 1. The maximum absolute atomic E-state index is 12.7. The van der Waals surface area contributed by atoms with Crippen LogP contribution in [0.5, 0.6) is 5.75 Å². The van der Waals surface area contributed by atoms with E-state index in [0.29, 0.717) is 23.2 Å². The Morgan fingerprint density at radius 3 is 2.53 bits per heavy atom. The summed E-state index contributed by atoms with van der Waals surface area (Å²) in [6, 6.07) is 9.92. The van der Waals surface area contributed by atoms with Gasteiger partial charge in [0.1, 0.15) is 17.4 Å². The van der Waals surface area contributed by atoms with Crippen LogP contribution in [-0.4, -0.2) is 42.8 Å². The second kappa shape index (κ2) is 10.0. The molecule has 1 aliphatic heterocycles. The molecule has 30 heavy (non-hydrogen) atoms. The summed E-state index contributed by atoms with van der Waals surface area (Å²) in [5, 5.41) is 10.2. The number of aryl methyl sites for hydroxylation is 1. The second-order valence-electron chi connectivity index (χ2n) is 8.10. The van der Waals surface area contributed by atoms with E-state index in [0.717, 1.165) is 50.4 Å². The first kappa shape index (κ1) is 22.2. The molecule has 1 aromatic heterocycles. The highest BCUT2D eigenvalue weighted by Gasteiger charge is 2.21. The van der Waals surface area contributed by atoms with Gasteiger partial charge in [0.15, 0.2) is 0 Å². The Bertz CT molecular complexity index is 972. The van der Waals surface area contributed by atoms with Crippen LogP contribution < -0.4 is 15.2 Å². The largest absolute Gasteiger partial charge is 0.495 e. The maximum atomic E-state index is 12.7. The molecule has 0 bridgehead atoms. The predicted octanol–water partition coefficient (Wildman–Crippen LogP) is 3.75. The van der Waals surface area contributed by atoms with Crippen LogP contribution in [0, 0.1) is 17.2 Å². The van der Waals surface area contributed by atoms with Gasteiger partial charge in [0.2, 0.25) is 0 Å². The molecule has 2 aromatic rings. The molecule has 0 amide bonds. The molecule has 1 aliphatic rings. The second-order valence-corrected chi connectivity index (χ2v) is 8.51. The summed E-state index contributed by atoms with van der Waals surface area (Å²) in [7, 11) is 1.61. The highest BCUT2D eigenvalue weighted by atomic mass is 35.5. The van der Waals surface area contributed by atoms with Gasteiger partial charge in [-0.25, -0.2) is 0 Å². The van der Waals surface area contributed by atoms with Gasteiger partial charge in [0.25, 0.3) is 5.56 Å². The third-order valence-electron chi connectivity index (χ3n) is 5.54. The lowest BCUT2D eigenvalue weighted by Gasteiger charge is -2.36. The average molecular weight is 429 g/mol. The van der Waals surface area contributed by atoms with Crippen molar-refractivity contribution < 1.29 is 4.74 Å². The van der Waals surface area contributed by atoms with Crippen LogP contribution in [0.1, 0.15) is 31.4 Å². The number of benzene rings is 1. The van der Waals surface area contributed by atoms with E-state index >= 15 is 0 Å². The molecule has 7 heteroatoms. The number of piperazine rings is 1. The smallest absolute Gasteiger partial charge is 0.270 e. The minimum atomic E-state index is -0.189. The fourth-order valence-corrected chi connectivity index (χ4v) is 4.00. The zero-order valence-electron chi connectivity index (χ0n) is 17.9. The monoisotopic (exact) mass is 428 g/mol. The average Bonchev–Trinajstić information content (AvgIpc) is 2.73. The third kappa shape index (κ3) is 5.16. The van der Waals surface area contributed by atoms with Crippen LogP contribution in [0.2, 0.25) is 5.02 Å². The van der Waals surface area contributed by atoms with Gasteiger partial charge in [0, 0.05) is 45.5 Å². The van der Waals surface area contributed by atoms with Gasteiger partial charge in [-0.1, -0.05) is 31.5 Å². The van der Waals surface area contributed by atoms with Crippen LogP contribution in [0.15, 0.2) is 35.3 Å². The van der Waals surface area contributed by atoms with Crippen molar-refractivity contribution in [2.75, 3.05) is 38.2 Å². The van der Waals surface area contributed by atoms with Gasteiger partial charge in [0.05, 0.1) is 17.8 Å². The topological polar surface area (TPSA) is 61.5 Å². The molecule has 0 aliphatic carbocycles. The minimum Gasteiger partial charge on any atom is -0.495 e. The Morgan fingerprint density at radius 1 is 1.20 bits per heavy atom. The number of pyridine rings is 1. The van der Waals surface area contributed by atoms with Gasteiger partial charge in [-0.2, -0.15) is 5.26 Å². The van der Waals surface area contributed by atoms with E-state index in [9.17, 15) is 10.1 Å². The molecule has 3 rings (SSSR count). The molecular formula is C23H29ClN4O2. The first-order chi connectivity index (χ1) is 14.4. The first-order valence-corrected chi connectivity index (χ1v) is 10.7. The molecule has 1 saturated heterocycles. The van der Waals surface area contributed by atoms with Crippen LogP contribution in [-0.2, 0) is 13.1 Å². The normalized spacial score (nSPS) is 14.7. The van der Waals surface area contributed by atoms with Gasteiger partial charge in [-0.15, -0.1) is 0 Å². The molecule has 1 aromatic carbocycles. The molecule has 0 spiro atoms. The molecule has 160 valence electrons. The number of hydrogen-bond acceptors (Lipinski definition) is 5. The van der Waals surface area contributed by atoms with Crippen molar-refractivity contribution >= 4 is 17.3 Å². The zero-order chi connectivity index (χ0) is 21.7. The lowest BCUT2D eigenvalue weighted by molar-refractivity contribution is 0.249. The molecule has 2 heterocycles. The summed E-state index contributed by atoms with van der Waals surface area (Å²) in [6.07, 6.45) is 2.74. The Morgan fingerprint density at radius 2 is 1.93 bits per heavy atom. The van der Waals surface area contributed by atoms with E-state index in [4.69, 9.17) is 16.3 Å². The SMILES string of the molecule is COc1ccc(CN2CCN(c3ccn(CCC(C)C)c(=O)c3C#N)CC2)cc1Cl. The highest BCUT2D eigenvalue weighted by Crippen LogP contribution is 2.26. The summed E-state index contributed by atoms with van der Waals surface area (Å²) < 4.78 is 6.87. The molecule has 0 N–H and O–H groups in total. The number of rotatable bonds is 7. The van der Waals surface area contributed by atoms with Crippen molar-refractivity contribution in [3.05, 3.63) is 57.0 Å². The Balaban J connectivity index is 1.66. The number of aromatic nitrogens is 1. The molecular weight excluding hydrogens is 400 g/mol. The van der Waals surface area contributed by atoms with Crippen molar-refractivity contribution in [1.82, 2.24) is 9.47 Å². The van der Waals surface area contributed by atoms with Crippen molar-refractivity contribution in [1.29, 1.82) is 5.26 Å². The van der Waals surface area contributed by atoms with E-state index in [2.05, 4.69) is 29.7 Å². The number of anilines is 1. The summed E-state index contributed by atoms with van der Waals surface area (Å²) in [5.74, 6) is 1.19. The number of hydrogen-bond donors (Lipinski definition) is 0. The summed E-state index contributed by atoms with van der Waals surface area (Å²) >= 11 is 6.24. The van der Waals surface area contributed by atoms with E-state index in [1.54, 1.807) is 11.7 Å². The first-order valence-electron chi connectivity index (χ1n) is 10.4. The van der Waals surface area contributed by atoms with Crippen LogP contribution in [0.25, 0.3) is 0 Å². The van der Waals surface area contributed by atoms with E-state index in [1.165, 1.54) is 0 Å². The van der Waals surface area contributed by atoms with Crippen LogP contribution >= 0.6 is 11.6 Å². The highest BCUT2D eigenvalue weighted by molar-refractivity contribution is 6.32. The summed E-state index contributed by atoms with van der Waals surface area (Å²) in [4.78, 5) is 17.2. The number of nitrogens with zero attached hydrogens (tertiary/aromatic N) is 4. The van der Waals surface area contributed by atoms with Crippen molar-refractivity contribution in [2.24, 2.45) is 5.92 Å². The van der Waals surface area contributed by atoms with Crippen molar-refractivity contribution in [3.8, 4) is 11.8 Å². The Hall–Kier alpha value is -2.49. The van der Waals surface area contributed by atoms with Gasteiger partial charge < -0.3 is 14.2 Å². The molecule has 1 fully saturated rings. The van der Waals surface area contributed by atoms with Crippen molar-refractivity contribution in [2.45, 2.75) is 33.4 Å². The summed E-state index contributed by atoms with van der Waals surface area (Å²) in [6.45, 7) is 8.95. The van der Waals surface area contributed by atoms with Gasteiger partial charge >= 0.3 is 0 Å².